The molecule has 0 spiro atoms. The molecule has 1 saturated heterocycles. The molecule has 170 valence electrons. The second-order valence-corrected chi connectivity index (χ2v) is 7.97. The van der Waals surface area contributed by atoms with Crippen LogP contribution < -0.4 is 5.32 Å². The number of anilines is 1. The fraction of sp³-hybridized carbons (Fsp3) is 0.231. The Hall–Kier alpha value is -3.61. The van der Waals surface area contributed by atoms with Crippen molar-refractivity contribution in [1.29, 1.82) is 0 Å². The van der Waals surface area contributed by atoms with Crippen molar-refractivity contribution < 1.29 is 13.2 Å². The average Bonchev–Trinajstić information content (AvgIpc) is 2.81. The van der Waals surface area contributed by atoms with Crippen LogP contribution in [0.15, 0.2) is 82.8 Å². The summed E-state index contributed by atoms with van der Waals surface area (Å²) in [4.78, 5) is 11.4. The van der Waals surface area contributed by atoms with Gasteiger partial charge < -0.3 is 10.2 Å². The third kappa shape index (κ3) is 5.61. The van der Waals surface area contributed by atoms with Gasteiger partial charge in [-0.1, -0.05) is 24.3 Å². The Bertz CT molecular complexity index is 1120. The second-order valence-electron chi connectivity index (χ2n) is 7.97. The Morgan fingerprint density at radius 1 is 0.879 bits per heavy atom. The van der Waals surface area contributed by atoms with Crippen LogP contribution in [0.4, 0.5) is 24.5 Å². The molecule has 0 saturated carbocycles. The molecule has 0 aromatic heterocycles. The number of para-hydroxylation sites is 1. The number of halogens is 3. The third-order valence-corrected chi connectivity index (χ3v) is 5.56. The summed E-state index contributed by atoms with van der Waals surface area (Å²) >= 11 is 0. The van der Waals surface area contributed by atoms with Crippen molar-refractivity contribution in [2.45, 2.75) is 32.2 Å². The highest BCUT2D eigenvalue weighted by molar-refractivity contribution is 6.13. The molecule has 1 aliphatic heterocycles. The summed E-state index contributed by atoms with van der Waals surface area (Å²) in [5, 5.41) is 2.97. The molecule has 3 aromatic rings. The SMILES string of the molecule is CC1CCCCN1C(N=C(Nc1ccc(F)cc1)c1c(F)cccc1F)=Nc1ccccc1. The summed E-state index contributed by atoms with van der Waals surface area (Å²) in [6.07, 6.45) is 3.04. The molecule has 4 nitrogen and oxygen atoms in total. The molecule has 1 heterocycles. The van der Waals surface area contributed by atoms with Gasteiger partial charge in [-0.25, -0.2) is 18.2 Å². The van der Waals surface area contributed by atoms with E-state index >= 15 is 0 Å². The van der Waals surface area contributed by atoms with Gasteiger partial charge in [0, 0.05) is 18.3 Å². The minimum Gasteiger partial charge on any atom is -0.339 e. The zero-order valence-electron chi connectivity index (χ0n) is 18.3. The van der Waals surface area contributed by atoms with E-state index in [1.807, 2.05) is 30.3 Å². The normalized spacial score (nSPS) is 17.2. The van der Waals surface area contributed by atoms with Crippen LogP contribution in [0, 0.1) is 17.5 Å². The number of piperidine rings is 1. The van der Waals surface area contributed by atoms with Crippen molar-refractivity contribution in [1.82, 2.24) is 4.90 Å². The summed E-state index contributed by atoms with van der Waals surface area (Å²) in [5.41, 5.74) is 0.833. The number of guanidine groups is 1. The molecule has 0 amide bonds. The van der Waals surface area contributed by atoms with E-state index in [4.69, 9.17) is 4.99 Å². The van der Waals surface area contributed by atoms with Gasteiger partial charge in [0.2, 0.25) is 5.96 Å². The Kier molecular flexibility index (Phi) is 7.07. The first kappa shape index (κ1) is 22.6. The number of hydrogen-bond donors (Lipinski definition) is 1. The summed E-state index contributed by atoms with van der Waals surface area (Å²) < 4.78 is 43.0. The molecule has 1 aliphatic rings. The molecule has 1 N–H and O–H groups in total. The van der Waals surface area contributed by atoms with Gasteiger partial charge in [0.25, 0.3) is 0 Å². The van der Waals surface area contributed by atoms with Crippen LogP contribution in [0.2, 0.25) is 0 Å². The highest BCUT2D eigenvalue weighted by Gasteiger charge is 2.24. The molecular weight excluding hydrogens is 425 g/mol. The summed E-state index contributed by atoms with van der Waals surface area (Å²) in [6, 6.07) is 18.7. The molecule has 0 bridgehead atoms. The monoisotopic (exact) mass is 450 g/mol. The molecule has 1 atom stereocenters. The molecule has 0 aliphatic carbocycles. The van der Waals surface area contributed by atoms with Gasteiger partial charge in [-0.3, -0.25) is 0 Å². The maximum absolute atomic E-state index is 14.8. The van der Waals surface area contributed by atoms with Crippen LogP contribution >= 0.6 is 0 Å². The number of hydrogen-bond acceptors (Lipinski definition) is 1. The predicted octanol–water partition coefficient (Wildman–Crippen LogP) is 6.52. The zero-order chi connectivity index (χ0) is 23.2. The summed E-state index contributed by atoms with van der Waals surface area (Å²) in [7, 11) is 0. The first-order valence-electron chi connectivity index (χ1n) is 11.0. The molecule has 3 aromatic carbocycles. The summed E-state index contributed by atoms with van der Waals surface area (Å²) in [5.74, 6) is -1.60. The fourth-order valence-corrected chi connectivity index (χ4v) is 3.81. The van der Waals surface area contributed by atoms with Crippen LogP contribution in [0.3, 0.4) is 0 Å². The number of nitrogens with one attached hydrogen (secondary N) is 1. The van der Waals surface area contributed by atoms with Crippen molar-refractivity contribution in [2.24, 2.45) is 9.98 Å². The maximum Gasteiger partial charge on any atom is 0.228 e. The summed E-state index contributed by atoms with van der Waals surface area (Å²) in [6.45, 7) is 2.83. The molecule has 0 radical (unpaired) electrons. The smallest absolute Gasteiger partial charge is 0.228 e. The van der Waals surface area contributed by atoms with Crippen LogP contribution in [0.1, 0.15) is 31.7 Å². The first-order chi connectivity index (χ1) is 16.0. The molecule has 4 rings (SSSR count). The van der Waals surface area contributed by atoms with E-state index in [-0.39, 0.29) is 17.4 Å². The quantitative estimate of drug-likeness (QED) is 0.364. The minimum atomic E-state index is -0.755. The van der Waals surface area contributed by atoms with Crippen molar-refractivity contribution >= 4 is 23.2 Å². The van der Waals surface area contributed by atoms with E-state index in [1.165, 1.54) is 42.5 Å². The topological polar surface area (TPSA) is 40.0 Å². The Morgan fingerprint density at radius 3 is 2.24 bits per heavy atom. The predicted molar refractivity (Wildman–Crippen MR) is 126 cm³/mol. The van der Waals surface area contributed by atoms with Crippen molar-refractivity contribution in [2.75, 3.05) is 11.9 Å². The average molecular weight is 451 g/mol. The van der Waals surface area contributed by atoms with E-state index in [1.54, 1.807) is 0 Å². The highest BCUT2D eigenvalue weighted by Crippen LogP contribution is 2.22. The molecule has 1 unspecified atom stereocenters. The largest absolute Gasteiger partial charge is 0.339 e. The molecule has 1 fully saturated rings. The lowest BCUT2D eigenvalue weighted by atomic mass is 10.0. The number of amidine groups is 1. The Labute approximate surface area is 191 Å². The van der Waals surface area contributed by atoms with Crippen molar-refractivity contribution in [3.63, 3.8) is 0 Å². The van der Waals surface area contributed by atoms with Gasteiger partial charge in [0.1, 0.15) is 23.3 Å². The number of rotatable bonds is 3. The second kappa shape index (κ2) is 10.3. The fourth-order valence-electron chi connectivity index (χ4n) is 3.81. The van der Waals surface area contributed by atoms with Gasteiger partial charge in [-0.2, -0.15) is 4.99 Å². The molecular formula is C26H25F3N4. The van der Waals surface area contributed by atoms with E-state index in [2.05, 4.69) is 22.1 Å². The minimum absolute atomic E-state index is 0.0373. The Morgan fingerprint density at radius 2 is 1.58 bits per heavy atom. The van der Waals surface area contributed by atoms with Gasteiger partial charge in [0.15, 0.2) is 0 Å². The lowest BCUT2D eigenvalue weighted by Crippen LogP contribution is -2.42. The number of benzene rings is 3. The van der Waals surface area contributed by atoms with Gasteiger partial charge >= 0.3 is 0 Å². The lowest BCUT2D eigenvalue weighted by molar-refractivity contribution is 0.256. The number of likely N-dealkylation sites (tertiary alicyclic amines) is 1. The lowest BCUT2D eigenvalue weighted by Gasteiger charge is -2.34. The van der Waals surface area contributed by atoms with E-state index < -0.39 is 17.5 Å². The maximum atomic E-state index is 14.8. The standard InChI is InChI=1S/C26H25F3N4/c1-18-8-5-6-17-33(18)26(31-20-9-3-2-4-10-20)32-25(24-22(28)11-7-12-23(24)29)30-21-15-13-19(27)14-16-21/h2-4,7,9-16,18H,5-6,8,17H2,1H3,(H,30,31,32). The first-order valence-corrected chi connectivity index (χ1v) is 11.0. The van der Waals surface area contributed by atoms with Crippen LogP contribution in [0.5, 0.6) is 0 Å². The van der Waals surface area contributed by atoms with E-state index in [0.29, 0.717) is 17.3 Å². The highest BCUT2D eigenvalue weighted by atomic mass is 19.1. The van der Waals surface area contributed by atoms with E-state index in [0.717, 1.165) is 25.8 Å². The van der Waals surface area contributed by atoms with Crippen molar-refractivity contribution in [3.8, 4) is 0 Å². The molecule has 33 heavy (non-hydrogen) atoms. The van der Waals surface area contributed by atoms with Gasteiger partial charge in [-0.15, -0.1) is 0 Å². The van der Waals surface area contributed by atoms with Crippen molar-refractivity contribution in [3.05, 3.63) is 95.8 Å². The third-order valence-electron chi connectivity index (χ3n) is 5.56. The van der Waals surface area contributed by atoms with Crippen LogP contribution in [0.25, 0.3) is 0 Å². The van der Waals surface area contributed by atoms with Crippen LogP contribution in [-0.2, 0) is 0 Å². The number of aliphatic imine (C=N–C) groups is 2. The van der Waals surface area contributed by atoms with E-state index in [9.17, 15) is 13.2 Å². The zero-order valence-corrected chi connectivity index (χ0v) is 18.3. The van der Waals surface area contributed by atoms with Gasteiger partial charge in [0.05, 0.1) is 11.3 Å². The van der Waals surface area contributed by atoms with Crippen LogP contribution in [-0.4, -0.2) is 29.3 Å². The number of nitrogens with zero attached hydrogens (tertiary/aromatic N) is 3. The van der Waals surface area contributed by atoms with Gasteiger partial charge in [-0.05, 0) is 74.7 Å². The Balaban J connectivity index is 1.85. The molecule has 7 heteroatoms.